The number of carbonyl (C=O) groups is 1. The lowest BCUT2D eigenvalue weighted by Gasteiger charge is -2.43. The molecule has 25 heavy (non-hydrogen) atoms. The molecule has 132 valence electrons. The predicted molar refractivity (Wildman–Crippen MR) is 89.1 cm³/mol. The molecule has 0 amide bonds. The topological polar surface area (TPSA) is 80.6 Å². The summed E-state index contributed by atoms with van der Waals surface area (Å²) in [6, 6.07) is 3.96. The van der Waals surface area contributed by atoms with Crippen LogP contribution < -0.4 is 9.47 Å². The molecular formula is C18H20N2O5. The molecule has 0 bridgehead atoms. The smallest absolute Gasteiger partial charge is 0.342 e. The molecule has 4 rings (SSSR count). The molecule has 0 spiro atoms. The van der Waals surface area contributed by atoms with E-state index in [1.807, 2.05) is 19.1 Å². The summed E-state index contributed by atoms with van der Waals surface area (Å²) in [5.74, 6) is 0.957. The lowest BCUT2D eigenvalue weighted by atomic mass is 9.83. The Labute approximate surface area is 145 Å². The van der Waals surface area contributed by atoms with Crippen LogP contribution in [0.25, 0.3) is 0 Å². The standard InChI is InChI=1S/C18H20N2O5/c1-9-17-16(18(21)25-9)12(19-22)8-13-11-7-15(24-3)14(23-2)6-10(11)4-5-20(13)17/h6-7,9,13,22H,4-5,8H2,1-3H3/b19-12-. The van der Waals surface area contributed by atoms with Crippen molar-refractivity contribution in [3.8, 4) is 11.5 Å². The van der Waals surface area contributed by atoms with Gasteiger partial charge in [0.2, 0.25) is 0 Å². The van der Waals surface area contributed by atoms with E-state index in [9.17, 15) is 10.0 Å². The van der Waals surface area contributed by atoms with E-state index >= 15 is 0 Å². The normalized spacial score (nSPS) is 26.1. The van der Waals surface area contributed by atoms with Crippen LogP contribution in [-0.4, -0.2) is 48.7 Å². The van der Waals surface area contributed by atoms with E-state index in [2.05, 4.69) is 10.1 Å². The van der Waals surface area contributed by atoms with Crippen LogP contribution in [0.5, 0.6) is 11.5 Å². The van der Waals surface area contributed by atoms with Gasteiger partial charge in [-0.05, 0) is 36.6 Å². The van der Waals surface area contributed by atoms with Crippen molar-refractivity contribution in [2.45, 2.75) is 31.9 Å². The highest BCUT2D eigenvalue weighted by atomic mass is 16.5. The number of hydrogen-bond donors (Lipinski definition) is 1. The Morgan fingerprint density at radius 2 is 2.00 bits per heavy atom. The molecule has 3 aliphatic rings. The van der Waals surface area contributed by atoms with Gasteiger partial charge in [0.05, 0.1) is 31.7 Å². The average Bonchev–Trinajstić information content (AvgIpc) is 2.94. The Hall–Kier alpha value is -2.70. The number of rotatable bonds is 2. The Morgan fingerprint density at radius 1 is 1.28 bits per heavy atom. The van der Waals surface area contributed by atoms with Crippen molar-refractivity contribution < 1.29 is 24.2 Å². The van der Waals surface area contributed by atoms with Crippen LogP contribution in [-0.2, 0) is 16.0 Å². The summed E-state index contributed by atoms with van der Waals surface area (Å²) in [5.41, 5.74) is 3.89. The number of hydrogen-bond acceptors (Lipinski definition) is 7. The third-order valence-electron chi connectivity index (χ3n) is 5.24. The first-order valence-electron chi connectivity index (χ1n) is 8.27. The number of ether oxygens (including phenoxy) is 3. The summed E-state index contributed by atoms with van der Waals surface area (Å²) in [6.07, 6.45) is 0.929. The number of cyclic esters (lactones) is 1. The van der Waals surface area contributed by atoms with Gasteiger partial charge in [0.25, 0.3) is 0 Å². The average molecular weight is 344 g/mol. The molecule has 7 nitrogen and oxygen atoms in total. The van der Waals surface area contributed by atoms with E-state index < -0.39 is 5.97 Å². The van der Waals surface area contributed by atoms with E-state index in [1.54, 1.807) is 14.2 Å². The zero-order valence-corrected chi connectivity index (χ0v) is 14.4. The Bertz CT molecular complexity index is 814. The van der Waals surface area contributed by atoms with E-state index in [0.717, 1.165) is 24.2 Å². The molecule has 1 aromatic carbocycles. The molecule has 0 aliphatic carbocycles. The third-order valence-corrected chi connectivity index (χ3v) is 5.24. The van der Waals surface area contributed by atoms with Crippen LogP contribution >= 0.6 is 0 Å². The van der Waals surface area contributed by atoms with Crippen molar-refractivity contribution in [2.24, 2.45) is 5.16 Å². The van der Waals surface area contributed by atoms with E-state index in [4.69, 9.17) is 14.2 Å². The van der Waals surface area contributed by atoms with Gasteiger partial charge in [0.15, 0.2) is 11.5 Å². The molecule has 3 aliphatic heterocycles. The fraction of sp³-hybridized carbons (Fsp3) is 0.444. The van der Waals surface area contributed by atoms with Gasteiger partial charge in [0.1, 0.15) is 11.7 Å². The van der Waals surface area contributed by atoms with Gasteiger partial charge < -0.3 is 24.3 Å². The van der Waals surface area contributed by atoms with Crippen molar-refractivity contribution in [3.05, 3.63) is 34.5 Å². The second-order valence-corrected chi connectivity index (χ2v) is 6.42. The van der Waals surface area contributed by atoms with Crippen molar-refractivity contribution in [1.82, 2.24) is 4.90 Å². The summed E-state index contributed by atoms with van der Waals surface area (Å²) in [5, 5.41) is 12.8. The summed E-state index contributed by atoms with van der Waals surface area (Å²) in [4.78, 5) is 14.4. The van der Waals surface area contributed by atoms with Crippen LogP contribution in [0.4, 0.5) is 0 Å². The van der Waals surface area contributed by atoms with Gasteiger partial charge in [-0.15, -0.1) is 0 Å². The van der Waals surface area contributed by atoms with Gasteiger partial charge in [-0.25, -0.2) is 4.79 Å². The van der Waals surface area contributed by atoms with Crippen LogP contribution in [0.1, 0.15) is 30.5 Å². The first-order chi connectivity index (χ1) is 12.1. The molecular weight excluding hydrogens is 324 g/mol. The summed E-state index contributed by atoms with van der Waals surface area (Å²) >= 11 is 0. The zero-order chi connectivity index (χ0) is 17.7. The van der Waals surface area contributed by atoms with Crippen LogP contribution in [0.3, 0.4) is 0 Å². The molecule has 2 unspecified atom stereocenters. The predicted octanol–water partition coefficient (Wildman–Crippen LogP) is 2.04. The van der Waals surface area contributed by atoms with E-state index in [0.29, 0.717) is 29.2 Å². The number of methoxy groups -OCH3 is 2. The second kappa shape index (κ2) is 5.68. The molecule has 7 heteroatoms. The van der Waals surface area contributed by atoms with Gasteiger partial charge in [-0.1, -0.05) is 5.16 Å². The van der Waals surface area contributed by atoms with Crippen molar-refractivity contribution in [2.75, 3.05) is 20.8 Å². The van der Waals surface area contributed by atoms with E-state index in [-0.39, 0.29) is 12.1 Å². The first kappa shape index (κ1) is 15.8. The SMILES string of the molecule is COc1cc2c(cc1OC)C1C/C(=N/O)C3=C(C(C)OC3=O)N1CC2. The van der Waals surface area contributed by atoms with Crippen molar-refractivity contribution in [1.29, 1.82) is 0 Å². The van der Waals surface area contributed by atoms with Gasteiger partial charge in [-0.2, -0.15) is 0 Å². The summed E-state index contributed by atoms with van der Waals surface area (Å²) in [7, 11) is 3.23. The Kier molecular flexibility index (Phi) is 3.59. The minimum absolute atomic E-state index is 0.0230. The Morgan fingerprint density at radius 3 is 2.68 bits per heavy atom. The molecule has 0 aromatic heterocycles. The number of nitrogens with zero attached hydrogens (tertiary/aromatic N) is 2. The lowest BCUT2D eigenvalue weighted by molar-refractivity contribution is -0.138. The number of benzene rings is 1. The molecule has 0 fully saturated rings. The van der Waals surface area contributed by atoms with Gasteiger partial charge >= 0.3 is 5.97 Å². The molecule has 3 heterocycles. The highest BCUT2D eigenvalue weighted by Crippen LogP contribution is 2.46. The maximum Gasteiger partial charge on any atom is 0.342 e. The minimum atomic E-state index is -0.410. The number of fused-ring (bicyclic) bond motifs is 4. The maximum atomic E-state index is 12.2. The highest BCUT2D eigenvalue weighted by Gasteiger charge is 2.46. The first-order valence-corrected chi connectivity index (χ1v) is 8.27. The minimum Gasteiger partial charge on any atom is -0.493 e. The monoisotopic (exact) mass is 344 g/mol. The zero-order valence-electron chi connectivity index (χ0n) is 14.4. The lowest BCUT2D eigenvalue weighted by Crippen LogP contribution is -2.42. The number of oxime groups is 1. The Balaban J connectivity index is 1.85. The van der Waals surface area contributed by atoms with Crippen molar-refractivity contribution in [3.63, 3.8) is 0 Å². The molecule has 0 saturated heterocycles. The fourth-order valence-corrected chi connectivity index (χ4v) is 4.14. The third kappa shape index (κ3) is 2.18. The van der Waals surface area contributed by atoms with Crippen LogP contribution in [0.2, 0.25) is 0 Å². The molecule has 0 saturated carbocycles. The largest absolute Gasteiger partial charge is 0.493 e. The maximum absolute atomic E-state index is 12.2. The fourth-order valence-electron chi connectivity index (χ4n) is 4.14. The molecule has 2 atom stereocenters. The quantitative estimate of drug-likeness (QED) is 0.502. The summed E-state index contributed by atoms with van der Waals surface area (Å²) < 4.78 is 16.2. The number of esters is 1. The second-order valence-electron chi connectivity index (χ2n) is 6.42. The van der Waals surface area contributed by atoms with Crippen LogP contribution in [0, 0.1) is 0 Å². The molecule has 1 N–H and O–H groups in total. The van der Waals surface area contributed by atoms with Crippen molar-refractivity contribution >= 4 is 11.7 Å². The van der Waals surface area contributed by atoms with Crippen LogP contribution in [0.15, 0.2) is 28.6 Å². The summed E-state index contributed by atoms with van der Waals surface area (Å²) in [6.45, 7) is 2.62. The van der Waals surface area contributed by atoms with Gasteiger partial charge in [0, 0.05) is 13.0 Å². The van der Waals surface area contributed by atoms with Gasteiger partial charge in [-0.3, -0.25) is 0 Å². The highest BCUT2D eigenvalue weighted by molar-refractivity contribution is 6.22. The molecule has 0 radical (unpaired) electrons. The molecule has 1 aromatic rings. The number of carbonyl (C=O) groups excluding carboxylic acids is 1. The van der Waals surface area contributed by atoms with E-state index in [1.165, 1.54) is 5.56 Å².